The number of methoxy groups -OCH3 is 1. The van der Waals surface area contributed by atoms with Gasteiger partial charge in [-0.15, -0.1) is 0 Å². The van der Waals surface area contributed by atoms with Gasteiger partial charge in [-0.1, -0.05) is 19.3 Å². The molecule has 0 spiro atoms. The van der Waals surface area contributed by atoms with E-state index in [4.69, 9.17) is 10.5 Å². The third-order valence-corrected chi connectivity index (χ3v) is 4.52. The highest BCUT2D eigenvalue weighted by molar-refractivity contribution is 5.28. The average molecular weight is 263 g/mol. The Labute approximate surface area is 116 Å². The van der Waals surface area contributed by atoms with E-state index in [0.717, 1.165) is 24.2 Å². The Bertz CT molecular complexity index is 414. The average Bonchev–Trinajstić information content (AvgIpc) is 2.47. The number of aromatic nitrogens is 1. The maximum Gasteiger partial charge on any atom is 0.137 e. The summed E-state index contributed by atoms with van der Waals surface area (Å²) < 4.78 is 5.25. The van der Waals surface area contributed by atoms with Crippen LogP contribution in [-0.2, 0) is 0 Å². The molecule has 2 N–H and O–H groups in total. The number of nitrogens with zero attached hydrogens (tertiary/aromatic N) is 2. The second-order valence-electron chi connectivity index (χ2n) is 5.69. The molecule has 4 nitrogen and oxygen atoms in total. The zero-order chi connectivity index (χ0) is 13.9. The molecule has 0 aliphatic heterocycles. The Kier molecular flexibility index (Phi) is 4.42. The van der Waals surface area contributed by atoms with Crippen molar-refractivity contribution in [1.82, 2.24) is 9.88 Å². The molecule has 0 aromatic carbocycles. The molecule has 2 rings (SSSR count). The normalized spacial score (nSPS) is 20.3. The summed E-state index contributed by atoms with van der Waals surface area (Å²) in [5.41, 5.74) is 7.70. The molecule has 4 heteroatoms. The lowest BCUT2D eigenvalue weighted by atomic mass is 9.73. The zero-order valence-electron chi connectivity index (χ0n) is 12.2. The van der Waals surface area contributed by atoms with E-state index in [1.54, 1.807) is 13.3 Å². The maximum absolute atomic E-state index is 6.59. The lowest BCUT2D eigenvalue weighted by molar-refractivity contribution is 0.0711. The SMILES string of the molecule is COc1cncc(C(N)C2(N(C)C)CCCCC2)c1. The minimum absolute atomic E-state index is 0.0228. The molecular weight excluding hydrogens is 238 g/mol. The summed E-state index contributed by atoms with van der Waals surface area (Å²) in [6, 6.07) is 1.99. The number of ether oxygens (including phenoxy) is 1. The molecule has 1 aromatic rings. The first kappa shape index (κ1) is 14.3. The molecule has 0 amide bonds. The fourth-order valence-electron chi connectivity index (χ4n) is 3.23. The van der Waals surface area contributed by atoms with Crippen molar-refractivity contribution in [3.05, 3.63) is 24.0 Å². The summed E-state index contributed by atoms with van der Waals surface area (Å²) in [7, 11) is 5.94. The van der Waals surface area contributed by atoms with Gasteiger partial charge in [-0.05, 0) is 38.6 Å². The van der Waals surface area contributed by atoms with Crippen molar-refractivity contribution in [3.8, 4) is 5.75 Å². The van der Waals surface area contributed by atoms with E-state index in [1.165, 1.54) is 19.3 Å². The van der Waals surface area contributed by atoms with Crippen molar-refractivity contribution >= 4 is 0 Å². The van der Waals surface area contributed by atoms with E-state index in [9.17, 15) is 0 Å². The van der Waals surface area contributed by atoms with Crippen molar-refractivity contribution in [2.75, 3.05) is 21.2 Å². The van der Waals surface area contributed by atoms with Crippen molar-refractivity contribution in [3.63, 3.8) is 0 Å². The molecule has 1 aliphatic rings. The van der Waals surface area contributed by atoms with Gasteiger partial charge in [-0.3, -0.25) is 4.98 Å². The van der Waals surface area contributed by atoms with Crippen LogP contribution in [0, 0.1) is 0 Å². The van der Waals surface area contributed by atoms with Crippen LogP contribution in [0.15, 0.2) is 18.5 Å². The second-order valence-corrected chi connectivity index (χ2v) is 5.69. The quantitative estimate of drug-likeness (QED) is 0.906. The van der Waals surface area contributed by atoms with E-state index in [2.05, 4.69) is 24.0 Å². The molecule has 1 heterocycles. The molecule has 0 saturated heterocycles. The van der Waals surface area contributed by atoms with Crippen molar-refractivity contribution < 1.29 is 4.74 Å². The van der Waals surface area contributed by atoms with Gasteiger partial charge in [0.15, 0.2) is 0 Å². The number of nitrogens with two attached hydrogens (primary N) is 1. The smallest absolute Gasteiger partial charge is 0.137 e. The van der Waals surface area contributed by atoms with Gasteiger partial charge in [0, 0.05) is 17.8 Å². The standard InChI is InChI=1S/C15H25N3O/c1-18(2)15(7-5-4-6-8-15)14(16)12-9-13(19-3)11-17-10-12/h9-11,14H,4-8,16H2,1-3H3. The van der Waals surface area contributed by atoms with Gasteiger partial charge >= 0.3 is 0 Å². The molecule has 1 atom stereocenters. The number of hydrogen-bond donors (Lipinski definition) is 1. The van der Waals surface area contributed by atoms with Gasteiger partial charge in [0.25, 0.3) is 0 Å². The van der Waals surface area contributed by atoms with Crippen molar-refractivity contribution in [2.24, 2.45) is 5.73 Å². The molecule has 1 saturated carbocycles. The zero-order valence-corrected chi connectivity index (χ0v) is 12.2. The first-order chi connectivity index (χ1) is 9.10. The van der Waals surface area contributed by atoms with Crippen LogP contribution < -0.4 is 10.5 Å². The van der Waals surface area contributed by atoms with Crippen LogP contribution in [0.25, 0.3) is 0 Å². The first-order valence-electron chi connectivity index (χ1n) is 7.02. The van der Waals surface area contributed by atoms with Gasteiger partial charge in [0.2, 0.25) is 0 Å². The van der Waals surface area contributed by atoms with Gasteiger partial charge in [0.1, 0.15) is 5.75 Å². The van der Waals surface area contributed by atoms with Crippen LogP contribution in [0.3, 0.4) is 0 Å². The molecule has 106 valence electrons. The fraction of sp³-hybridized carbons (Fsp3) is 0.667. The Morgan fingerprint density at radius 3 is 2.53 bits per heavy atom. The van der Waals surface area contributed by atoms with Gasteiger partial charge < -0.3 is 15.4 Å². The van der Waals surface area contributed by atoms with Crippen LogP contribution in [0.4, 0.5) is 0 Å². The predicted octanol–water partition coefficient (Wildman–Crippen LogP) is 2.35. The Morgan fingerprint density at radius 2 is 1.95 bits per heavy atom. The molecule has 19 heavy (non-hydrogen) atoms. The highest BCUT2D eigenvalue weighted by Gasteiger charge is 2.40. The molecule has 0 bridgehead atoms. The number of rotatable bonds is 4. The number of likely N-dealkylation sites (N-methyl/N-ethyl adjacent to an activating group) is 1. The van der Waals surface area contributed by atoms with Crippen LogP contribution in [-0.4, -0.2) is 36.6 Å². The molecule has 1 fully saturated rings. The van der Waals surface area contributed by atoms with E-state index in [1.807, 2.05) is 12.3 Å². The molecule has 1 aromatic heterocycles. The second kappa shape index (κ2) is 5.88. The topological polar surface area (TPSA) is 51.4 Å². The van der Waals surface area contributed by atoms with E-state index < -0.39 is 0 Å². The van der Waals surface area contributed by atoms with Crippen molar-refractivity contribution in [1.29, 1.82) is 0 Å². The lowest BCUT2D eigenvalue weighted by Gasteiger charge is -2.47. The fourth-order valence-corrected chi connectivity index (χ4v) is 3.23. The Balaban J connectivity index is 2.30. The lowest BCUT2D eigenvalue weighted by Crippen LogP contribution is -2.53. The third kappa shape index (κ3) is 2.74. The third-order valence-electron chi connectivity index (χ3n) is 4.52. The van der Waals surface area contributed by atoms with Gasteiger partial charge in [-0.2, -0.15) is 0 Å². The summed E-state index contributed by atoms with van der Waals surface area (Å²) in [4.78, 5) is 6.54. The largest absolute Gasteiger partial charge is 0.495 e. The van der Waals surface area contributed by atoms with Crippen LogP contribution >= 0.6 is 0 Å². The van der Waals surface area contributed by atoms with Crippen LogP contribution in [0.1, 0.15) is 43.7 Å². The highest BCUT2D eigenvalue weighted by Crippen LogP contribution is 2.40. The molecule has 1 unspecified atom stereocenters. The molecule has 0 radical (unpaired) electrons. The molecular formula is C15H25N3O. The minimum atomic E-state index is -0.0228. The monoisotopic (exact) mass is 263 g/mol. The molecule has 1 aliphatic carbocycles. The van der Waals surface area contributed by atoms with E-state index in [0.29, 0.717) is 0 Å². The first-order valence-corrected chi connectivity index (χ1v) is 7.02. The van der Waals surface area contributed by atoms with E-state index >= 15 is 0 Å². The summed E-state index contributed by atoms with van der Waals surface area (Å²) in [5, 5.41) is 0. The van der Waals surface area contributed by atoms with Gasteiger partial charge in [-0.25, -0.2) is 0 Å². The predicted molar refractivity (Wildman–Crippen MR) is 77.2 cm³/mol. The van der Waals surface area contributed by atoms with E-state index in [-0.39, 0.29) is 11.6 Å². The summed E-state index contributed by atoms with van der Waals surface area (Å²) in [6.45, 7) is 0. The van der Waals surface area contributed by atoms with Gasteiger partial charge in [0.05, 0.1) is 13.3 Å². The van der Waals surface area contributed by atoms with Crippen LogP contribution in [0.5, 0.6) is 5.75 Å². The number of pyridine rings is 1. The summed E-state index contributed by atoms with van der Waals surface area (Å²) in [5.74, 6) is 0.776. The number of hydrogen-bond acceptors (Lipinski definition) is 4. The minimum Gasteiger partial charge on any atom is -0.495 e. The van der Waals surface area contributed by atoms with Crippen LogP contribution in [0.2, 0.25) is 0 Å². The Morgan fingerprint density at radius 1 is 1.26 bits per heavy atom. The Hall–Kier alpha value is -1.13. The summed E-state index contributed by atoms with van der Waals surface area (Å²) >= 11 is 0. The maximum atomic E-state index is 6.59. The van der Waals surface area contributed by atoms with Crippen molar-refractivity contribution in [2.45, 2.75) is 43.7 Å². The highest BCUT2D eigenvalue weighted by atomic mass is 16.5. The summed E-state index contributed by atoms with van der Waals surface area (Å²) in [6.07, 6.45) is 9.72.